The third kappa shape index (κ3) is 6.75. The van der Waals surface area contributed by atoms with Gasteiger partial charge >= 0.3 is 0 Å². The highest BCUT2D eigenvalue weighted by atomic mass is 28.2. The second kappa shape index (κ2) is 14.8. The van der Waals surface area contributed by atoms with Crippen molar-refractivity contribution in [2.75, 3.05) is 0 Å². The van der Waals surface area contributed by atoms with Crippen molar-refractivity contribution in [2.45, 2.75) is 103 Å². The lowest BCUT2D eigenvalue weighted by Gasteiger charge is -2.20. The van der Waals surface area contributed by atoms with Crippen LogP contribution in [0.1, 0.15) is 111 Å². The fourth-order valence-corrected chi connectivity index (χ4v) is 9.29. The number of hydrogen-bond donors (Lipinski definition) is 0. The molecular formula is C44H50Si. The lowest BCUT2D eigenvalue weighted by molar-refractivity contribution is 0.795. The maximum atomic E-state index is 2.53. The van der Waals surface area contributed by atoms with Crippen molar-refractivity contribution in [3.8, 4) is 22.3 Å². The highest BCUT2D eigenvalue weighted by Crippen LogP contribution is 2.47. The van der Waals surface area contributed by atoms with E-state index >= 15 is 0 Å². The average molecular weight is 607 g/mol. The molecule has 0 N–H and O–H groups in total. The second-order valence-corrected chi connectivity index (χ2v) is 14.4. The lowest BCUT2D eigenvalue weighted by Crippen LogP contribution is -2.08. The molecule has 0 heterocycles. The number of benzene rings is 4. The number of unbranched alkanes of at least 4 members (excludes halogenated alkanes) is 2. The fraction of sp³-hybridized carbons (Fsp3) is 0.364. The quantitative estimate of drug-likeness (QED) is 0.125. The van der Waals surface area contributed by atoms with E-state index in [4.69, 9.17) is 0 Å². The van der Waals surface area contributed by atoms with Gasteiger partial charge in [-0.1, -0.05) is 161 Å². The van der Waals surface area contributed by atoms with Crippen LogP contribution in [0.15, 0.2) is 96.1 Å². The smallest absolute Gasteiger partial charge is 0.0397 e. The van der Waals surface area contributed by atoms with Crippen molar-refractivity contribution in [3.05, 3.63) is 129 Å². The summed E-state index contributed by atoms with van der Waals surface area (Å²) in [6.07, 6.45) is 14.7. The van der Waals surface area contributed by atoms with E-state index in [1.165, 1.54) is 95.1 Å². The molecule has 45 heavy (non-hydrogen) atoms. The molecule has 2 aliphatic rings. The minimum absolute atomic E-state index is 0.555. The predicted octanol–water partition coefficient (Wildman–Crippen LogP) is 12.7. The summed E-state index contributed by atoms with van der Waals surface area (Å²) in [5.74, 6) is 1.11. The van der Waals surface area contributed by atoms with Gasteiger partial charge in [-0.2, -0.15) is 0 Å². The van der Waals surface area contributed by atoms with Crippen molar-refractivity contribution < 1.29 is 0 Å². The van der Waals surface area contributed by atoms with E-state index in [2.05, 4.69) is 125 Å². The van der Waals surface area contributed by atoms with Gasteiger partial charge in [-0.15, -0.1) is 0 Å². The summed E-state index contributed by atoms with van der Waals surface area (Å²) in [5, 5.41) is 0. The van der Waals surface area contributed by atoms with Crippen LogP contribution in [0.4, 0.5) is 0 Å². The molecule has 6 rings (SSSR count). The second-order valence-electron chi connectivity index (χ2n) is 13.1. The molecule has 0 bridgehead atoms. The van der Waals surface area contributed by atoms with Crippen LogP contribution in [0.3, 0.4) is 0 Å². The molecule has 0 spiro atoms. The van der Waals surface area contributed by atoms with E-state index in [9.17, 15) is 0 Å². The van der Waals surface area contributed by atoms with E-state index in [1.54, 1.807) is 22.3 Å². The Labute approximate surface area is 275 Å². The van der Waals surface area contributed by atoms with Crippen LogP contribution in [0, 0.1) is 0 Å². The van der Waals surface area contributed by atoms with Gasteiger partial charge in [0, 0.05) is 21.4 Å². The SMILES string of the molecule is CCCCc1ccc(-c2cccc3c2C=C(CC)C3C[Si]CC2C(CC)=Cc3c(-c4ccc(CCCC)cc4)cccc32)cc1. The Morgan fingerprint density at radius 1 is 0.511 bits per heavy atom. The number of rotatable bonds is 14. The highest BCUT2D eigenvalue weighted by Gasteiger charge is 2.29. The van der Waals surface area contributed by atoms with Crippen LogP contribution >= 0.6 is 0 Å². The van der Waals surface area contributed by atoms with Gasteiger partial charge in [0.05, 0.1) is 0 Å². The van der Waals surface area contributed by atoms with Crippen LogP contribution in [-0.2, 0) is 12.8 Å². The Balaban J connectivity index is 1.18. The van der Waals surface area contributed by atoms with Gasteiger partial charge in [-0.25, -0.2) is 0 Å². The van der Waals surface area contributed by atoms with E-state index < -0.39 is 0 Å². The Kier molecular flexibility index (Phi) is 10.4. The molecule has 4 aromatic carbocycles. The summed E-state index contributed by atoms with van der Waals surface area (Å²) in [6.45, 7) is 9.23. The van der Waals surface area contributed by atoms with Crippen molar-refractivity contribution in [1.29, 1.82) is 0 Å². The third-order valence-corrected chi connectivity index (χ3v) is 11.7. The Hall–Kier alpha value is -3.42. The molecule has 2 aliphatic carbocycles. The molecular weight excluding hydrogens is 557 g/mol. The first-order chi connectivity index (χ1) is 22.1. The third-order valence-electron chi connectivity index (χ3n) is 10.3. The molecule has 4 aromatic rings. The zero-order valence-corrected chi connectivity index (χ0v) is 29.0. The Morgan fingerprint density at radius 3 is 1.31 bits per heavy atom. The first-order valence-corrected chi connectivity index (χ1v) is 19.1. The lowest BCUT2D eigenvalue weighted by atomic mass is 9.92. The Bertz CT molecular complexity index is 1530. The summed E-state index contributed by atoms with van der Waals surface area (Å²) < 4.78 is 0. The van der Waals surface area contributed by atoms with Gasteiger partial charge < -0.3 is 0 Å². The van der Waals surface area contributed by atoms with Crippen molar-refractivity contribution in [3.63, 3.8) is 0 Å². The summed E-state index contributed by atoms with van der Waals surface area (Å²) in [5.41, 5.74) is 17.7. The molecule has 2 unspecified atom stereocenters. The molecule has 0 saturated heterocycles. The molecule has 230 valence electrons. The average Bonchev–Trinajstić information content (AvgIpc) is 3.64. The van der Waals surface area contributed by atoms with E-state index in [0.717, 1.165) is 22.4 Å². The maximum absolute atomic E-state index is 2.53. The highest BCUT2D eigenvalue weighted by molar-refractivity contribution is 6.36. The number of fused-ring (bicyclic) bond motifs is 2. The van der Waals surface area contributed by atoms with Gasteiger partial charge in [0.25, 0.3) is 0 Å². The Morgan fingerprint density at radius 2 is 0.933 bits per heavy atom. The fourth-order valence-electron chi connectivity index (χ4n) is 7.59. The molecule has 2 radical (unpaired) electrons. The summed E-state index contributed by atoms with van der Waals surface area (Å²) in [7, 11) is 0.943. The molecule has 0 fully saturated rings. The van der Waals surface area contributed by atoms with Crippen LogP contribution in [-0.4, -0.2) is 9.52 Å². The van der Waals surface area contributed by atoms with Gasteiger partial charge in [0.1, 0.15) is 0 Å². The summed E-state index contributed by atoms with van der Waals surface area (Å²) >= 11 is 0. The normalized spacial score (nSPS) is 16.8. The van der Waals surface area contributed by atoms with E-state index in [0.29, 0.717) is 11.8 Å². The first-order valence-electron chi connectivity index (χ1n) is 17.7. The predicted molar refractivity (Wildman–Crippen MR) is 198 cm³/mol. The van der Waals surface area contributed by atoms with Gasteiger partial charge in [0.2, 0.25) is 0 Å². The van der Waals surface area contributed by atoms with Crippen molar-refractivity contribution in [2.24, 2.45) is 0 Å². The molecule has 0 aromatic heterocycles. The minimum atomic E-state index is 0.555. The standard InChI is InChI=1S/C44H50Si/c1-5-9-13-31-19-23-35(24-20-31)37-15-11-17-39-41(37)27-33(7-3)43(39)29-45-30-44-34(8-4)28-42-38(16-12-18-40(42)44)36-25-21-32(22-26-36)14-10-6-2/h11-12,15-28,43-44H,5-10,13-14,29-30H2,1-4H3. The molecule has 2 atom stereocenters. The van der Waals surface area contributed by atoms with Gasteiger partial charge in [-0.05, 0) is 94.2 Å². The number of allylic oxidation sites excluding steroid dienone is 2. The monoisotopic (exact) mass is 606 g/mol. The van der Waals surface area contributed by atoms with Crippen LogP contribution in [0.25, 0.3) is 34.4 Å². The molecule has 1 heteroatoms. The topological polar surface area (TPSA) is 0 Å². The van der Waals surface area contributed by atoms with Crippen molar-refractivity contribution >= 4 is 21.7 Å². The van der Waals surface area contributed by atoms with Gasteiger partial charge in [0.15, 0.2) is 0 Å². The summed E-state index contributed by atoms with van der Waals surface area (Å²) in [6, 6.07) is 35.3. The zero-order chi connectivity index (χ0) is 31.2. The summed E-state index contributed by atoms with van der Waals surface area (Å²) in [4.78, 5) is 0. The number of hydrogen-bond acceptors (Lipinski definition) is 0. The van der Waals surface area contributed by atoms with E-state index in [-0.39, 0.29) is 0 Å². The van der Waals surface area contributed by atoms with Crippen LogP contribution in [0.2, 0.25) is 12.1 Å². The van der Waals surface area contributed by atoms with Crippen LogP contribution < -0.4 is 0 Å². The molecule has 0 saturated carbocycles. The molecule has 0 nitrogen and oxygen atoms in total. The van der Waals surface area contributed by atoms with Crippen LogP contribution in [0.5, 0.6) is 0 Å². The largest absolute Gasteiger partial charge is 0.0654 e. The molecule has 0 amide bonds. The number of aryl methyl sites for hydroxylation is 2. The first kappa shape index (κ1) is 31.6. The zero-order valence-electron chi connectivity index (χ0n) is 28.0. The maximum Gasteiger partial charge on any atom is 0.0397 e. The van der Waals surface area contributed by atoms with Gasteiger partial charge in [-0.3, -0.25) is 0 Å². The molecule has 0 aliphatic heterocycles. The van der Waals surface area contributed by atoms with Crippen molar-refractivity contribution in [1.82, 2.24) is 0 Å². The van der Waals surface area contributed by atoms with E-state index in [1.807, 2.05) is 0 Å². The minimum Gasteiger partial charge on any atom is -0.0654 e.